The number of hydrogen-bond acceptors (Lipinski definition) is 8. The molecule has 0 amide bonds. The van der Waals surface area contributed by atoms with Crippen molar-refractivity contribution in [3.8, 4) is 23.1 Å². The van der Waals surface area contributed by atoms with E-state index in [2.05, 4.69) is 15.1 Å². The number of rotatable bonds is 7. The molecule has 1 saturated heterocycles. The highest BCUT2D eigenvalue weighted by molar-refractivity contribution is 5.87. The van der Waals surface area contributed by atoms with Crippen LogP contribution in [0.5, 0.6) is 23.1 Å². The van der Waals surface area contributed by atoms with E-state index < -0.39 is 6.10 Å². The first kappa shape index (κ1) is 21.7. The van der Waals surface area contributed by atoms with Crippen LogP contribution in [0.4, 0.5) is 0 Å². The minimum absolute atomic E-state index is 0.440. The minimum atomic E-state index is -0.561. The number of piperidine rings is 1. The normalized spacial score (nSPS) is 17.6. The number of hydrogen-bond donors (Lipinski definition) is 1. The summed E-state index contributed by atoms with van der Waals surface area (Å²) in [5, 5.41) is 20.9. The van der Waals surface area contributed by atoms with Gasteiger partial charge in [0.25, 0.3) is 0 Å². The van der Waals surface area contributed by atoms with Gasteiger partial charge in [0.05, 0.1) is 31.4 Å². The number of β-amino-alcohol motifs (C(OH)–C–C–N with tert-alkyl or cyclic N) is 1. The van der Waals surface area contributed by atoms with Crippen LogP contribution in [0.15, 0.2) is 42.6 Å². The van der Waals surface area contributed by atoms with Crippen molar-refractivity contribution in [3.63, 3.8) is 0 Å². The molecule has 174 valence electrons. The summed E-state index contributed by atoms with van der Waals surface area (Å²) in [5.41, 5.74) is 0.856. The first-order chi connectivity index (χ1) is 16.2. The maximum Gasteiger partial charge on any atom is 0.241 e. The molecule has 0 unspecified atom stereocenters. The molecule has 2 aromatic carbocycles. The Kier molecular flexibility index (Phi) is 6.46. The smallest absolute Gasteiger partial charge is 0.241 e. The molecule has 1 aromatic heterocycles. The van der Waals surface area contributed by atoms with E-state index in [1.54, 1.807) is 13.3 Å². The van der Waals surface area contributed by atoms with E-state index in [1.165, 1.54) is 0 Å². The van der Waals surface area contributed by atoms with Gasteiger partial charge in [-0.3, -0.25) is 0 Å². The van der Waals surface area contributed by atoms with Crippen LogP contribution in [-0.2, 0) is 0 Å². The van der Waals surface area contributed by atoms with Crippen LogP contribution in [0, 0.1) is 5.92 Å². The quantitative estimate of drug-likeness (QED) is 0.586. The highest BCUT2D eigenvalue weighted by atomic mass is 16.6. The van der Waals surface area contributed by atoms with Gasteiger partial charge in [-0.05, 0) is 67.7 Å². The lowest BCUT2D eigenvalue weighted by Crippen LogP contribution is -2.38. The highest BCUT2D eigenvalue weighted by Gasteiger charge is 2.23. The average molecular weight is 452 g/mol. The lowest BCUT2D eigenvalue weighted by atomic mass is 9.97. The summed E-state index contributed by atoms with van der Waals surface area (Å²) in [7, 11) is 1.65. The van der Waals surface area contributed by atoms with E-state index in [1.807, 2.05) is 36.4 Å². The highest BCUT2D eigenvalue weighted by Crippen LogP contribution is 2.33. The van der Waals surface area contributed by atoms with Gasteiger partial charge in [-0.15, -0.1) is 5.10 Å². The summed E-state index contributed by atoms with van der Waals surface area (Å²) in [6.45, 7) is 4.15. The van der Waals surface area contributed by atoms with E-state index in [9.17, 15) is 5.11 Å². The second-order valence-electron chi connectivity index (χ2n) is 8.58. The Hall–Kier alpha value is -3.10. The number of likely N-dealkylation sites (tertiary alicyclic amines) is 1. The van der Waals surface area contributed by atoms with E-state index in [0.717, 1.165) is 53.8 Å². The summed E-state index contributed by atoms with van der Waals surface area (Å²) in [5.74, 6) is 3.21. The van der Waals surface area contributed by atoms with E-state index in [-0.39, 0.29) is 0 Å². The van der Waals surface area contributed by atoms with Crippen LogP contribution in [0.25, 0.3) is 10.8 Å². The van der Waals surface area contributed by atoms with Crippen LogP contribution in [0.3, 0.4) is 0 Å². The first-order valence-electron chi connectivity index (χ1n) is 11.4. The van der Waals surface area contributed by atoms with Crippen LogP contribution in [-0.4, -0.2) is 66.8 Å². The van der Waals surface area contributed by atoms with Gasteiger partial charge in [0.2, 0.25) is 5.88 Å². The Morgan fingerprint density at radius 2 is 1.91 bits per heavy atom. The number of aromatic nitrogens is 2. The Labute approximate surface area is 193 Å². The summed E-state index contributed by atoms with van der Waals surface area (Å²) < 4.78 is 22.6. The number of methoxy groups -OCH3 is 1. The Morgan fingerprint density at radius 1 is 1.09 bits per heavy atom. The van der Waals surface area contributed by atoms with Gasteiger partial charge in [0.1, 0.15) is 19.0 Å². The van der Waals surface area contributed by atoms with Crippen molar-refractivity contribution >= 4 is 10.8 Å². The van der Waals surface area contributed by atoms with Crippen molar-refractivity contribution in [1.82, 2.24) is 15.1 Å². The molecular formula is C25H29N3O5. The van der Waals surface area contributed by atoms with Gasteiger partial charge in [0, 0.05) is 11.9 Å². The summed E-state index contributed by atoms with van der Waals surface area (Å²) in [6, 6.07) is 11.5. The number of aliphatic hydroxyl groups excluding tert-OH is 1. The van der Waals surface area contributed by atoms with Crippen molar-refractivity contribution < 1.29 is 24.1 Å². The summed E-state index contributed by atoms with van der Waals surface area (Å²) >= 11 is 0. The van der Waals surface area contributed by atoms with Crippen LogP contribution in [0.2, 0.25) is 0 Å². The van der Waals surface area contributed by atoms with E-state index >= 15 is 0 Å². The van der Waals surface area contributed by atoms with Crippen molar-refractivity contribution in [2.75, 3.05) is 46.6 Å². The molecule has 1 N–H and O–H groups in total. The van der Waals surface area contributed by atoms with Gasteiger partial charge in [-0.25, -0.2) is 0 Å². The fourth-order valence-corrected chi connectivity index (χ4v) is 4.41. The predicted octanol–water partition coefficient (Wildman–Crippen LogP) is 3.23. The molecule has 3 aromatic rings. The van der Waals surface area contributed by atoms with Crippen molar-refractivity contribution in [2.24, 2.45) is 5.92 Å². The molecule has 0 bridgehead atoms. The third-order valence-corrected chi connectivity index (χ3v) is 6.38. The summed E-state index contributed by atoms with van der Waals surface area (Å²) in [4.78, 5) is 2.31. The molecule has 2 aliphatic heterocycles. The van der Waals surface area contributed by atoms with Gasteiger partial charge in [-0.2, -0.15) is 5.10 Å². The number of fused-ring (bicyclic) bond motifs is 2. The Morgan fingerprint density at radius 3 is 2.73 bits per heavy atom. The molecule has 0 aliphatic carbocycles. The molecular weight excluding hydrogens is 422 g/mol. The van der Waals surface area contributed by atoms with Crippen molar-refractivity contribution in [1.29, 1.82) is 0 Å². The number of aliphatic hydroxyl groups is 1. The lowest BCUT2D eigenvalue weighted by Gasteiger charge is -2.33. The fourth-order valence-electron chi connectivity index (χ4n) is 4.41. The van der Waals surface area contributed by atoms with Crippen LogP contribution < -0.4 is 18.9 Å². The minimum Gasteiger partial charge on any atom is -0.497 e. The van der Waals surface area contributed by atoms with Gasteiger partial charge < -0.3 is 29.0 Å². The van der Waals surface area contributed by atoms with Crippen LogP contribution >= 0.6 is 0 Å². The largest absolute Gasteiger partial charge is 0.497 e. The topological polar surface area (TPSA) is 86.2 Å². The molecule has 1 fully saturated rings. The van der Waals surface area contributed by atoms with Gasteiger partial charge >= 0.3 is 0 Å². The molecule has 8 heteroatoms. The molecule has 0 spiro atoms. The fraction of sp³-hybridized carbons (Fsp3) is 0.440. The lowest BCUT2D eigenvalue weighted by molar-refractivity contribution is 0.0784. The predicted molar refractivity (Wildman–Crippen MR) is 123 cm³/mol. The maximum absolute atomic E-state index is 10.7. The molecule has 0 radical (unpaired) electrons. The van der Waals surface area contributed by atoms with Crippen molar-refractivity contribution in [3.05, 3.63) is 48.2 Å². The monoisotopic (exact) mass is 451 g/mol. The zero-order valence-corrected chi connectivity index (χ0v) is 18.8. The maximum atomic E-state index is 10.7. The molecule has 8 nitrogen and oxygen atoms in total. The Bertz CT molecular complexity index is 1100. The summed E-state index contributed by atoms with van der Waals surface area (Å²) in [6.07, 6.45) is 3.19. The molecule has 2 aliphatic rings. The molecule has 0 saturated carbocycles. The number of ether oxygens (including phenoxy) is 4. The standard InChI is InChI=1S/C25H29N3O5/c1-30-20-4-2-19-14-26-27-25(21(19)13-20)33-16-17-6-8-28(9-7-17)15-22(29)18-3-5-23-24(12-18)32-11-10-31-23/h2-5,12-14,17,22,29H,6-11,15-16H2,1H3/t22-/m1/s1. The third-order valence-electron chi connectivity index (χ3n) is 6.38. The zero-order chi connectivity index (χ0) is 22.6. The molecule has 5 rings (SSSR count). The van der Waals surface area contributed by atoms with E-state index in [4.69, 9.17) is 18.9 Å². The van der Waals surface area contributed by atoms with Gasteiger partial charge in [-0.1, -0.05) is 6.07 Å². The van der Waals surface area contributed by atoms with Crippen LogP contribution in [0.1, 0.15) is 24.5 Å². The number of benzene rings is 2. The average Bonchev–Trinajstić information content (AvgIpc) is 2.87. The first-order valence-corrected chi connectivity index (χ1v) is 11.4. The zero-order valence-electron chi connectivity index (χ0n) is 18.8. The third kappa shape index (κ3) is 4.96. The second-order valence-corrected chi connectivity index (χ2v) is 8.58. The molecule has 33 heavy (non-hydrogen) atoms. The molecule has 3 heterocycles. The molecule has 1 atom stereocenters. The van der Waals surface area contributed by atoms with Crippen molar-refractivity contribution in [2.45, 2.75) is 18.9 Å². The SMILES string of the molecule is COc1ccc2cnnc(OCC3CCN(C[C@@H](O)c4ccc5c(c4)OCCO5)CC3)c2c1. The second kappa shape index (κ2) is 9.80. The Balaban J connectivity index is 1.13. The van der Waals surface area contributed by atoms with Gasteiger partial charge in [0.15, 0.2) is 11.5 Å². The number of nitrogens with zero attached hydrogens (tertiary/aromatic N) is 3. The van der Waals surface area contributed by atoms with E-state index in [0.29, 0.717) is 43.9 Å².